The van der Waals surface area contributed by atoms with E-state index in [2.05, 4.69) is 16.0 Å². The van der Waals surface area contributed by atoms with Crippen LogP contribution in [0.15, 0.2) is 0 Å². The van der Waals surface area contributed by atoms with E-state index >= 15 is 0 Å². The third kappa shape index (κ3) is 17.3. The highest BCUT2D eigenvalue weighted by Crippen LogP contribution is 2.08. The van der Waals surface area contributed by atoms with E-state index in [0.717, 1.165) is 38.5 Å². The highest BCUT2D eigenvalue weighted by molar-refractivity contribution is 5.71. The van der Waals surface area contributed by atoms with Gasteiger partial charge in [0.05, 0.1) is 0 Å². The Labute approximate surface area is 163 Å². The van der Waals surface area contributed by atoms with Crippen molar-refractivity contribution in [3.63, 3.8) is 0 Å². The summed E-state index contributed by atoms with van der Waals surface area (Å²) in [6.45, 7) is 11.3. The second kappa shape index (κ2) is 12.5. The lowest BCUT2D eigenvalue weighted by molar-refractivity contribution is 0.0406. The molecule has 0 bridgehead atoms. The maximum Gasteiger partial charge on any atom is 0.410 e. The zero-order valence-electron chi connectivity index (χ0n) is 17.7. The molecule has 0 aromatic carbocycles. The van der Waals surface area contributed by atoms with E-state index in [-0.39, 0.29) is 0 Å². The first-order valence-electron chi connectivity index (χ1n) is 9.64. The Balaban J connectivity index is 4.40. The molecule has 0 rings (SSSR count). The van der Waals surface area contributed by atoms with E-state index in [1.54, 1.807) is 41.5 Å². The summed E-state index contributed by atoms with van der Waals surface area (Å²) >= 11 is 0. The number of alkyl carbamates (subject to hydrolysis) is 2. The summed E-state index contributed by atoms with van der Waals surface area (Å²) in [5, 5.41) is 15.3. The van der Waals surface area contributed by atoms with E-state index in [9.17, 15) is 9.59 Å². The Morgan fingerprint density at radius 3 is 1.74 bits per heavy atom. The molecule has 0 aliphatic rings. The number of hydrogen-bond donors (Lipinski definition) is 4. The number of nitrogens with one attached hydrogen (secondary N) is 4. The fraction of sp³-hybridized carbons (Fsp3) is 0.842. The van der Waals surface area contributed by atoms with Crippen molar-refractivity contribution >= 4 is 18.4 Å². The lowest BCUT2D eigenvalue weighted by Crippen LogP contribution is -2.58. The molecule has 8 nitrogen and oxygen atoms in total. The molecule has 0 aliphatic carbocycles. The van der Waals surface area contributed by atoms with Crippen LogP contribution in [0.3, 0.4) is 0 Å². The van der Waals surface area contributed by atoms with Crippen LogP contribution in [0.25, 0.3) is 0 Å². The van der Waals surface area contributed by atoms with E-state index < -0.39 is 29.7 Å². The monoisotopic (exact) mass is 386 g/mol. The van der Waals surface area contributed by atoms with E-state index in [4.69, 9.17) is 14.9 Å². The lowest BCUT2D eigenvalue weighted by Gasteiger charge is -2.26. The highest BCUT2D eigenvalue weighted by Gasteiger charge is 2.22. The molecule has 4 N–H and O–H groups in total. The number of ether oxygens (including phenoxy) is 2. The van der Waals surface area contributed by atoms with Crippen LogP contribution >= 0.6 is 0 Å². The Hall–Kier alpha value is -1.83. The molecule has 0 radical (unpaired) electrons. The Morgan fingerprint density at radius 1 is 0.852 bits per heavy atom. The van der Waals surface area contributed by atoms with Crippen LogP contribution in [-0.4, -0.2) is 42.4 Å². The van der Waals surface area contributed by atoms with E-state index in [0.29, 0.717) is 6.54 Å². The molecule has 158 valence electrons. The molecule has 0 heterocycles. The summed E-state index contributed by atoms with van der Waals surface area (Å²) in [6.07, 6.45) is 5.43. The molecule has 8 heteroatoms. The van der Waals surface area contributed by atoms with Gasteiger partial charge >= 0.3 is 12.2 Å². The minimum atomic E-state index is -0.785. The molecule has 0 saturated carbocycles. The molecule has 27 heavy (non-hydrogen) atoms. The maximum absolute atomic E-state index is 12.0. The SMILES string of the molecule is CC(C)(C)OC(=O)NC(NCCCCCCCC=N)NC(=O)OC(C)(C)C. The van der Waals surface area contributed by atoms with Gasteiger partial charge in [-0.1, -0.05) is 19.3 Å². The van der Waals surface area contributed by atoms with Crippen molar-refractivity contribution in [2.24, 2.45) is 0 Å². The molecule has 0 spiro atoms. The summed E-state index contributed by atoms with van der Waals surface area (Å²) in [7, 11) is 0. The van der Waals surface area contributed by atoms with Crippen molar-refractivity contribution in [2.45, 2.75) is 97.6 Å². The van der Waals surface area contributed by atoms with Crippen molar-refractivity contribution in [3.05, 3.63) is 0 Å². The smallest absolute Gasteiger partial charge is 0.410 e. The van der Waals surface area contributed by atoms with Gasteiger partial charge in [-0.05, 0) is 73.6 Å². The molecular weight excluding hydrogens is 348 g/mol. The van der Waals surface area contributed by atoms with E-state index in [1.807, 2.05) is 0 Å². The summed E-state index contributed by atoms with van der Waals surface area (Å²) < 4.78 is 10.5. The molecular formula is C19H38N4O4. The predicted molar refractivity (Wildman–Crippen MR) is 107 cm³/mol. The lowest BCUT2D eigenvalue weighted by atomic mass is 10.1. The van der Waals surface area contributed by atoms with Crippen LogP contribution in [0.5, 0.6) is 0 Å². The van der Waals surface area contributed by atoms with Gasteiger partial charge in [0.2, 0.25) is 0 Å². The zero-order valence-corrected chi connectivity index (χ0v) is 17.7. The van der Waals surface area contributed by atoms with Gasteiger partial charge in [0.15, 0.2) is 6.29 Å². The molecule has 0 aliphatic heterocycles. The minimum absolute atomic E-state index is 0.622. The number of rotatable bonds is 11. The third-order valence-corrected chi connectivity index (χ3v) is 3.20. The first-order valence-corrected chi connectivity index (χ1v) is 9.64. The van der Waals surface area contributed by atoms with Gasteiger partial charge in [0.1, 0.15) is 11.2 Å². The van der Waals surface area contributed by atoms with Gasteiger partial charge in [0.25, 0.3) is 0 Å². The van der Waals surface area contributed by atoms with Gasteiger partial charge in [-0.3, -0.25) is 16.0 Å². The van der Waals surface area contributed by atoms with Gasteiger partial charge in [0, 0.05) is 0 Å². The van der Waals surface area contributed by atoms with Gasteiger partial charge in [-0.15, -0.1) is 0 Å². The largest absolute Gasteiger partial charge is 0.444 e. The summed E-state index contributed by atoms with van der Waals surface area (Å²) in [6, 6.07) is 0. The first kappa shape index (κ1) is 25.2. The number of carbonyl (C=O) groups is 2. The average Bonchev–Trinajstić information content (AvgIpc) is 2.45. The van der Waals surface area contributed by atoms with Gasteiger partial charge in [-0.2, -0.15) is 0 Å². The maximum atomic E-state index is 12.0. The third-order valence-electron chi connectivity index (χ3n) is 3.20. The van der Waals surface area contributed by atoms with Crippen LogP contribution in [0.4, 0.5) is 9.59 Å². The molecule has 0 aromatic heterocycles. The van der Waals surface area contributed by atoms with Crippen LogP contribution in [0, 0.1) is 5.41 Å². The Kier molecular flexibility index (Phi) is 11.7. The van der Waals surface area contributed by atoms with Crippen LogP contribution in [0.1, 0.15) is 80.1 Å². The zero-order chi connectivity index (χ0) is 20.9. The standard InChI is InChI=1S/C19H38N4O4/c1-18(2,3)26-16(24)22-15(23-17(25)27-19(4,5)6)21-14-12-10-8-7-9-11-13-20/h13,15,20-21H,7-12,14H2,1-6H3,(H,22,24)(H,23,25). The second-order valence-electron chi connectivity index (χ2n) is 8.44. The van der Waals surface area contributed by atoms with Crippen LogP contribution < -0.4 is 16.0 Å². The minimum Gasteiger partial charge on any atom is -0.444 e. The van der Waals surface area contributed by atoms with Gasteiger partial charge in [-0.25, -0.2) is 9.59 Å². The predicted octanol–water partition coefficient (Wildman–Crippen LogP) is 3.90. The van der Waals surface area contributed by atoms with Crippen molar-refractivity contribution in [1.82, 2.24) is 16.0 Å². The number of hydrogen-bond acceptors (Lipinski definition) is 6. The number of amides is 2. The number of unbranched alkanes of at least 4 members (excludes halogenated alkanes) is 5. The molecule has 0 fully saturated rings. The fourth-order valence-electron chi connectivity index (χ4n) is 2.14. The van der Waals surface area contributed by atoms with E-state index in [1.165, 1.54) is 6.21 Å². The van der Waals surface area contributed by atoms with Crippen molar-refractivity contribution in [2.75, 3.05) is 6.54 Å². The normalized spacial score (nSPS) is 11.8. The molecule has 2 amide bonds. The summed E-state index contributed by atoms with van der Waals surface area (Å²) in [5.74, 6) is 0. The molecule has 0 atom stereocenters. The number of carbonyl (C=O) groups excluding carboxylic acids is 2. The molecule has 0 saturated heterocycles. The van der Waals surface area contributed by atoms with Crippen molar-refractivity contribution in [1.29, 1.82) is 5.41 Å². The first-order chi connectivity index (χ1) is 12.4. The molecule has 0 aromatic rings. The van der Waals surface area contributed by atoms with Crippen LogP contribution in [-0.2, 0) is 9.47 Å². The topological polar surface area (TPSA) is 113 Å². The Morgan fingerprint density at radius 2 is 1.30 bits per heavy atom. The van der Waals surface area contributed by atoms with Crippen molar-refractivity contribution in [3.8, 4) is 0 Å². The fourth-order valence-corrected chi connectivity index (χ4v) is 2.14. The summed E-state index contributed by atoms with van der Waals surface area (Å²) in [5.41, 5.74) is -1.26. The second-order valence-corrected chi connectivity index (χ2v) is 8.44. The Bertz CT molecular complexity index is 426. The van der Waals surface area contributed by atoms with Gasteiger partial charge < -0.3 is 14.9 Å². The molecule has 0 unspecified atom stereocenters. The highest BCUT2D eigenvalue weighted by atomic mass is 16.6. The van der Waals surface area contributed by atoms with Crippen molar-refractivity contribution < 1.29 is 19.1 Å². The quantitative estimate of drug-likeness (QED) is 0.244. The summed E-state index contributed by atoms with van der Waals surface area (Å²) in [4.78, 5) is 24.0. The average molecular weight is 387 g/mol. The van der Waals surface area contributed by atoms with Crippen LogP contribution in [0.2, 0.25) is 0 Å².